The molecule has 2 aliphatic heterocycles. The second-order valence-electron chi connectivity index (χ2n) is 4.50. The number of rotatable bonds is 4. The van der Waals surface area contributed by atoms with Crippen molar-refractivity contribution in [1.29, 1.82) is 0 Å². The second-order valence-corrected chi connectivity index (χ2v) is 5.69. The van der Waals surface area contributed by atoms with Crippen LogP contribution in [0.3, 0.4) is 0 Å². The molecule has 0 aliphatic carbocycles. The molecule has 1 atom stereocenters. The number of thioether (sulfide) groups is 1. The van der Waals surface area contributed by atoms with Gasteiger partial charge in [-0.25, -0.2) is 0 Å². The molecule has 0 N–H and O–H groups in total. The van der Waals surface area contributed by atoms with E-state index in [1.807, 2.05) is 11.8 Å². The Balaban J connectivity index is 1.65. The Hall–Kier alpha value is -0.190. The Kier molecular flexibility index (Phi) is 4.55. The van der Waals surface area contributed by atoms with E-state index >= 15 is 0 Å². The highest BCUT2D eigenvalue weighted by molar-refractivity contribution is 8.02. The third kappa shape index (κ3) is 3.15. The highest BCUT2D eigenvalue weighted by Gasteiger charge is 2.19. The topological polar surface area (TPSA) is 15.7 Å². The van der Waals surface area contributed by atoms with Crippen LogP contribution >= 0.6 is 11.8 Å². The molecule has 92 valence electrons. The predicted molar refractivity (Wildman–Crippen MR) is 69.4 cm³/mol. The van der Waals surface area contributed by atoms with Crippen LogP contribution < -0.4 is 0 Å². The smallest absolute Gasteiger partial charge is 0.0760 e. The van der Waals surface area contributed by atoms with Crippen molar-refractivity contribution in [1.82, 2.24) is 9.80 Å². The van der Waals surface area contributed by atoms with Crippen molar-refractivity contribution < 1.29 is 4.74 Å². The first kappa shape index (κ1) is 12.3. The highest BCUT2D eigenvalue weighted by Crippen LogP contribution is 2.29. The zero-order chi connectivity index (χ0) is 11.4. The minimum Gasteiger partial charge on any atom is -0.379 e. The van der Waals surface area contributed by atoms with Crippen LogP contribution in [0.2, 0.25) is 0 Å². The molecule has 0 spiro atoms. The first-order valence-electron chi connectivity index (χ1n) is 6.16. The minimum atomic E-state index is 0.629. The molecule has 0 aromatic rings. The van der Waals surface area contributed by atoms with E-state index in [1.165, 1.54) is 25.2 Å². The summed E-state index contributed by atoms with van der Waals surface area (Å²) in [5.41, 5.74) is 1.43. The number of ether oxygens (including phenoxy) is 1. The average molecular weight is 242 g/mol. The van der Waals surface area contributed by atoms with Gasteiger partial charge in [0.05, 0.1) is 18.6 Å². The molecule has 0 saturated carbocycles. The number of morpholine rings is 1. The molecule has 0 aromatic heterocycles. The van der Waals surface area contributed by atoms with Gasteiger partial charge in [-0.15, -0.1) is 11.8 Å². The number of hydrogen-bond acceptors (Lipinski definition) is 4. The van der Waals surface area contributed by atoms with Crippen LogP contribution in [0.25, 0.3) is 0 Å². The lowest BCUT2D eigenvalue weighted by atomic mass is 10.3. The van der Waals surface area contributed by atoms with Gasteiger partial charge in [0.2, 0.25) is 0 Å². The maximum Gasteiger partial charge on any atom is 0.0760 e. The van der Waals surface area contributed by atoms with Crippen LogP contribution in [0, 0.1) is 0 Å². The fourth-order valence-corrected chi connectivity index (χ4v) is 3.22. The second kappa shape index (κ2) is 5.94. The zero-order valence-corrected chi connectivity index (χ0v) is 11.1. The number of allylic oxidation sites excluding steroid dienone is 1. The molecule has 1 saturated heterocycles. The molecule has 1 unspecified atom stereocenters. The molecule has 1 fully saturated rings. The van der Waals surface area contributed by atoms with Crippen molar-refractivity contribution >= 4 is 11.8 Å². The van der Waals surface area contributed by atoms with Gasteiger partial charge in [-0.1, -0.05) is 0 Å². The summed E-state index contributed by atoms with van der Waals surface area (Å²) in [6, 6.07) is 0. The molecule has 0 bridgehead atoms. The molecule has 0 radical (unpaired) electrons. The van der Waals surface area contributed by atoms with Crippen LogP contribution in [-0.4, -0.2) is 54.6 Å². The summed E-state index contributed by atoms with van der Waals surface area (Å²) in [5, 5.41) is 2.91. The lowest BCUT2D eigenvalue weighted by Gasteiger charge is -2.29. The summed E-state index contributed by atoms with van der Waals surface area (Å²) in [6.07, 6.45) is 1.26. The monoisotopic (exact) mass is 242 g/mol. The van der Waals surface area contributed by atoms with Gasteiger partial charge in [0.1, 0.15) is 0 Å². The maximum absolute atomic E-state index is 5.35. The molecule has 2 aliphatic rings. The minimum absolute atomic E-state index is 0.629. The molecule has 3 nitrogen and oxygen atoms in total. The summed E-state index contributed by atoms with van der Waals surface area (Å²) in [5.74, 6) is 0. The van der Waals surface area contributed by atoms with Gasteiger partial charge < -0.3 is 9.64 Å². The molecular formula is C12H22N2OS. The van der Waals surface area contributed by atoms with Gasteiger partial charge in [-0.2, -0.15) is 0 Å². The summed E-state index contributed by atoms with van der Waals surface area (Å²) in [6.45, 7) is 10.9. The van der Waals surface area contributed by atoms with E-state index < -0.39 is 0 Å². The third-order valence-electron chi connectivity index (χ3n) is 3.30. The fourth-order valence-electron chi connectivity index (χ4n) is 2.27. The van der Waals surface area contributed by atoms with Crippen LogP contribution in [0.5, 0.6) is 0 Å². The van der Waals surface area contributed by atoms with E-state index in [0.717, 1.165) is 26.3 Å². The Morgan fingerprint density at radius 3 is 2.75 bits per heavy atom. The molecule has 4 heteroatoms. The van der Waals surface area contributed by atoms with E-state index in [2.05, 4.69) is 29.1 Å². The first-order chi connectivity index (χ1) is 7.77. The summed E-state index contributed by atoms with van der Waals surface area (Å²) in [4.78, 5) is 5.02. The normalized spacial score (nSPS) is 27.2. The highest BCUT2D eigenvalue weighted by atomic mass is 32.2. The molecule has 2 rings (SSSR count). The van der Waals surface area contributed by atoms with Crippen LogP contribution in [0.4, 0.5) is 0 Å². The van der Waals surface area contributed by atoms with Crippen molar-refractivity contribution in [2.75, 3.05) is 39.4 Å². The Morgan fingerprint density at radius 1 is 1.38 bits per heavy atom. The summed E-state index contributed by atoms with van der Waals surface area (Å²) >= 11 is 1.93. The first-order valence-corrected chi connectivity index (χ1v) is 7.10. The van der Waals surface area contributed by atoms with Gasteiger partial charge in [0, 0.05) is 31.9 Å². The fraction of sp³-hybridized carbons (Fsp3) is 0.833. The predicted octanol–water partition coefficient (Wildman–Crippen LogP) is 1.96. The van der Waals surface area contributed by atoms with Crippen LogP contribution in [0.15, 0.2) is 11.1 Å². The number of nitrogens with zero attached hydrogens (tertiary/aromatic N) is 2. The van der Waals surface area contributed by atoms with Crippen LogP contribution in [-0.2, 0) is 4.74 Å². The third-order valence-corrected chi connectivity index (χ3v) is 4.43. The van der Waals surface area contributed by atoms with Crippen molar-refractivity contribution in [3.8, 4) is 0 Å². The zero-order valence-electron chi connectivity index (χ0n) is 10.3. The summed E-state index contributed by atoms with van der Waals surface area (Å²) in [7, 11) is 0. The van der Waals surface area contributed by atoms with Crippen molar-refractivity contribution in [2.24, 2.45) is 0 Å². The Bertz CT molecular complexity index is 251. The lowest BCUT2D eigenvalue weighted by molar-refractivity contribution is 0.0365. The Labute approximate surface area is 103 Å². The maximum atomic E-state index is 5.35. The summed E-state index contributed by atoms with van der Waals surface area (Å²) < 4.78 is 5.35. The van der Waals surface area contributed by atoms with E-state index in [9.17, 15) is 0 Å². The van der Waals surface area contributed by atoms with Gasteiger partial charge in [0.15, 0.2) is 0 Å². The largest absolute Gasteiger partial charge is 0.379 e. The van der Waals surface area contributed by atoms with E-state index in [1.54, 1.807) is 0 Å². The number of hydrogen-bond donors (Lipinski definition) is 0. The van der Waals surface area contributed by atoms with E-state index in [0.29, 0.717) is 5.37 Å². The lowest BCUT2D eigenvalue weighted by Crippen LogP contribution is -2.38. The van der Waals surface area contributed by atoms with Crippen molar-refractivity contribution in [2.45, 2.75) is 25.6 Å². The average Bonchev–Trinajstić information content (AvgIpc) is 2.62. The molecule has 0 amide bonds. The molecule has 2 heterocycles. The van der Waals surface area contributed by atoms with Crippen LogP contribution in [0.1, 0.15) is 20.3 Å². The quantitative estimate of drug-likeness (QED) is 0.748. The molecule has 0 aromatic carbocycles. The molecular weight excluding hydrogens is 220 g/mol. The standard InChI is InChI=1S/C12H22N2OS/c1-11-10-16-12(2)14(11)5-3-4-13-6-8-15-9-7-13/h10,12H,3-9H2,1-2H3. The van der Waals surface area contributed by atoms with Crippen molar-refractivity contribution in [3.05, 3.63) is 11.1 Å². The SMILES string of the molecule is CC1=CSC(C)N1CCCN1CCOCC1. The van der Waals surface area contributed by atoms with Gasteiger partial charge in [-0.05, 0) is 25.7 Å². The Morgan fingerprint density at radius 2 is 2.12 bits per heavy atom. The van der Waals surface area contributed by atoms with E-state index in [4.69, 9.17) is 4.74 Å². The molecule has 16 heavy (non-hydrogen) atoms. The van der Waals surface area contributed by atoms with Crippen molar-refractivity contribution in [3.63, 3.8) is 0 Å². The van der Waals surface area contributed by atoms with Gasteiger partial charge in [-0.3, -0.25) is 4.90 Å². The van der Waals surface area contributed by atoms with Gasteiger partial charge in [0.25, 0.3) is 0 Å². The van der Waals surface area contributed by atoms with Gasteiger partial charge >= 0.3 is 0 Å². The van der Waals surface area contributed by atoms with E-state index in [-0.39, 0.29) is 0 Å².